The van der Waals surface area contributed by atoms with Gasteiger partial charge in [0.1, 0.15) is 5.82 Å². The van der Waals surface area contributed by atoms with Gasteiger partial charge in [0.05, 0.1) is 16.1 Å². The fourth-order valence-corrected chi connectivity index (χ4v) is 3.73. The molecule has 0 aliphatic rings. The molecule has 0 radical (unpaired) electrons. The van der Waals surface area contributed by atoms with Crippen LogP contribution in [0.15, 0.2) is 81.4 Å². The number of hydrogen-bond donors (Lipinski definition) is 2. The molecule has 0 bridgehead atoms. The predicted molar refractivity (Wildman–Crippen MR) is 119 cm³/mol. The van der Waals surface area contributed by atoms with Gasteiger partial charge in [-0.15, -0.1) is 0 Å². The maximum Gasteiger partial charge on any atom is 0.267 e. The highest BCUT2D eigenvalue weighted by atomic mass is 32.2. The van der Waals surface area contributed by atoms with E-state index < -0.39 is 15.6 Å². The lowest BCUT2D eigenvalue weighted by molar-refractivity contribution is 0.435. The number of aliphatic imine (C=N–C) groups is 1. The van der Waals surface area contributed by atoms with Crippen LogP contribution in [0.4, 0.5) is 5.69 Å². The zero-order valence-corrected chi connectivity index (χ0v) is 17.2. The van der Waals surface area contributed by atoms with Crippen molar-refractivity contribution in [2.24, 2.45) is 10.1 Å². The van der Waals surface area contributed by atoms with E-state index in [0.29, 0.717) is 33.5 Å². The maximum absolute atomic E-state index is 13.1. The summed E-state index contributed by atoms with van der Waals surface area (Å²) in [6.45, 7) is 1.79. The van der Waals surface area contributed by atoms with Gasteiger partial charge in [0.2, 0.25) is 15.9 Å². The molecule has 0 saturated heterocycles. The second kappa shape index (κ2) is 7.78. The smallest absolute Gasteiger partial charge is 0.267 e. The second-order valence-corrected chi connectivity index (χ2v) is 8.42. The van der Waals surface area contributed by atoms with Crippen molar-refractivity contribution in [1.82, 2.24) is 9.55 Å². The monoisotopic (exact) mass is 434 g/mol. The van der Waals surface area contributed by atoms with Gasteiger partial charge in [0, 0.05) is 22.7 Å². The van der Waals surface area contributed by atoms with Crippen molar-refractivity contribution in [1.29, 1.82) is 0 Å². The Hall–Kier alpha value is -3.82. The van der Waals surface area contributed by atoms with Gasteiger partial charge >= 0.3 is 0 Å². The zero-order chi connectivity index (χ0) is 22.2. The molecule has 0 saturated carbocycles. The van der Waals surface area contributed by atoms with Crippen molar-refractivity contribution in [3.63, 3.8) is 0 Å². The molecule has 156 valence electrons. The van der Waals surface area contributed by atoms with Crippen LogP contribution in [0, 0.1) is 6.92 Å². The summed E-state index contributed by atoms with van der Waals surface area (Å²) >= 11 is 0. The predicted octanol–water partition coefficient (Wildman–Crippen LogP) is 2.80. The lowest BCUT2D eigenvalue weighted by atomic mass is 10.1. The highest BCUT2D eigenvalue weighted by Crippen LogP contribution is 2.26. The lowest BCUT2D eigenvalue weighted by Crippen LogP contribution is -2.21. The number of hydrogen-bond acceptors (Lipinski definition) is 6. The van der Waals surface area contributed by atoms with Gasteiger partial charge in [-0.05, 0) is 49.4 Å². The van der Waals surface area contributed by atoms with Crippen LogP contribution < -0.4 is 10.7 Å². The number of nitrogens with two attached hydrogens (primary N) is 1. The minimum atomic E-state index is -3.80. The summed E-state index contributed by atoms with van der Waals surface area (Å²) in [6, 6.07) is 17.7. The Balaban J connectivity index is 1.90. The van der Waals surface area contributed by atoms with Gasteiger partial charge in [-0.2, -0.15) is 0 Å². The molecule has 4 aromatic rings. The lowest BCUT2D eigenvalue weighted by Gasteiger charge is -2.13. The minimum absolute atomic E-state index is 0.0289. The fourth-order valence-electron chi connectivity index (χ4n) is 3.22. The first-order valence-electron chi connectivity index (χ1n) is 9.23. The third kappa shape index (κ3) is 3.96. The fraction of sp³-hybridized carbons (Fsp3) is 0.0455. The Morgan fingerprint density at radius 2 is 1.68 bits per heavy atom. The summed E-state index contributed by atoms with van der Waals surface area (Å²) in [5, 5.41) is 17.0. The minimum Gasteiger partial charge on any atom is -0.494 e. The van der Waals surface area contributed by atoms with Crippen molar-refractivity contribution >= 4 is 32.7 Å². The first kappa shape index (κ1) is 20.5. The van der Waals surface area contributed by atoms with Gasteiger partial charge in [0.15, 0.2) is 0 Å². The van der Waals surface area contributed by atoms with Gasteiger partial charge in [-0.25, -0.2) is 23.1 Å². The first-order valence-corrected chi connectivity index (χ1v) is 10.8. The topological polar surface area (TPSA) is 128 Å². The van der Waals surface area contributed by atoms with Crippen LogP contribution in [0.1, 0.15) is 11.3 Å². The average molecular weight is 434 g/mol. The van der Waals surface area contributed by atoms with E-state index in [-0.39, 0.29) is 10.8 Å². The Morgan fingerprint density at radius 3 is 2.32 bits per heavy atom. The van der Waals surface area contributed by atoms with Gasteiger partial charge in [-0.1, -0.05) is 24.3 Å². The average Bonchev–Trinajstić information content (AvgIpc) is 2.73. The molecule has 2 aromatic carbocycles. The molecular weight excluding hydrogens is 416 g/mol. The van der Waals surface area contributed by atoms with Crippen LogP contribution >= 0.6 is 0 Å². The van der Waals surface area contributed by atoms with Crippen LogP contribution in [0.25, 0.3) is 16.6 Å². The standard InChI is InChI=1S/C22H18N4O4S/c1-14-5-4-8-20(25-14)26-21(27)18-7-3-2-6-17(18)19(22(26)28)13-24-15-9-11-16(12-10-15)31(23,29)30/h2-13,28H,1H3,(H2,23,29,30). The first-order chi connectivity index (χ1) is 14.8. The number of rotatable bonds is 4. The van der Waals surface area contributed by atoms with E-state index in [1.807, 2.05) is 0 Å². The third-order valence-corrected chi connectivity index (χ3v) is 5.64. The van der Waals surface area contributed by atoms with Crippen molar-refractivity contribution < 1.29 is 13.5 Å². The Labute approximate surface area is 178 Å². The summed E-state index contributed by atoms with van der Waals surface area (Å²) in [7, 11) is -3.80. The van der Waals surface area contributed by atoms with E-state index in [0.717, 1.165) is 4.57 Å². The third-order valence-electron chi connectivity index (χ3n) is 4.71. The van der Waals surface area contributed by atoms with Crippen LogP contribution in [0.3, 0.4) is 0 Å². The number of nitrogens with zero attached hydrogens (tertiary/aromatic N) is 3. The molecule has 0 fully saturated rings. The quantitative estimate of drug-likeness (QED) is 0.478. The summed E-state index contributed by atoms with van der Waals surface area (Å²) in [4.78, 5) is 21.7. The maximum atomic E-state index is 13.1. The van der Waals surface area contributed by atoms with Crippen molar-refractivity contribution in [3.8, 4) is 11.7 Å². The highest BCUT2D eigenvalue weighted by molar-refractivity contribution is 7.89. The molecule has 2 heterocycles. The van der Waals surface area contributed by atoms with E-state index >= 15 is 0 Å². The molecule has 0 unspecified atom stereocenters. The van der Waals surface area contributed by atoms with Crippen LogP contribution in [0.2, 0.25) is 0 Å². The van der Waals surface area contributed by atoms with Gasteiger partial charge in [-0.3, -0.25) is 9.79 Å². The van der Waals surface area contributed by atoms with Gasteiger partial charge in [0.25, 0.3) is 5.56 Å². The molecular formula is C22H18N4O4S. The van der Waals surface area contributed by atoms with Gasteiger partial charge < -0.3 is 5.11 Å². The molecule has 0 amide bonds. The van der Waals surface area contributed by atoms with Crippen LogP contribution in [0.5, 0.6) is 5.88 Å². The molecule has 0 spiro atoms. The molecule has 0 aliphatic heterocycles. The van der Waals surface area contributed by atoms with E-state index in [9.17, 15) is 18.3 Å². The van der Waals surface area contributed by atoms with Crippen molar-refractivity contribution in [3.05, 3.63) is 88.3 Å². The number of pyridine rings is 2. The van der Waals surface area contributed by atoms with E-state index in [4.69, 9.17) is 5.14 Å². The largest absolute Gasteiger partial charge is 0.494 e. The summed E-state index contributed by atoms with van der Waals surface area (Å²) in [6.07, 6.45) is 1.43. The molecule has 31 heavy (non-hydrogen) atoms. The van der Waals surface area contributed by atoms with E-state index in [1.165, 1.54) is 30.5 Å². The molecule has 0 atom stereocenters. The molecule has 4 rings (SSSR count). The molecule has 2 aromatic heterocycles. The number of benzene rings is 2. The number of aromatic nitrogens is 2. The number of fused-ring (bicyclic) bond motifs is 1. The molecule has 0 aliphatic carbocycles. The van der Waals surface area contributed by atoms with E-state index in [2.05, 4.69) is 9.98 Å². The summed E-state index contributed by atoms with van der Waals surface area (Å²) in [5.41, 5.74) is 1.07. The zero-order valence-electron chi connectivity index (χ0n) is 16.4. The Morgan fingerprint density at radius 1 is 1.00 bits per heavy atom. The SMILES string of the molecule is Cc1cccc(-n2c(O)c(C=Nc3ccc(S(N)(=O)=O)cc3)c3ccccc3c2=O)n1. The summed E-state index contributed by atoms with van der Waals surface area (Å²) < 4.78 is 24.0. The number of sulfonamides is 1. The molecule has 3 N–H and O–H groups in total. The summed E-state index contributed by atoms with van der Waals surface area (Å²) in [5.74, 6) is -0.00730. The van der Waals surface area contributed by atoms with Crippen molar-refractivity contribution in [2.45, 2.75) is 11.8 Å². The number of aryl methyl sites for hydroxylation is 1. The van der Waals surface area contributed by atoms with E-state index in [1.54, 1.807) is 49.4 Å². The Bertz CT molecular complexity index is 1490. The Kier molecular flexibility index (Phi) is 5.14. The molecule has 9 heteroatoms. The second-order valence-electron chi connectivity index (χ2n) is 6.86. The van der Waals surface area contributed by atoms with Crippen LogP contribution in [-0.2, 0) is 10.0 Å². The normalized spacial score (nSPS) is 11.9. The van der Waals surface area contributed by atoms with Crippen LogP contribution in [-0.4, -0.2) is 29.3 Å². The van der Waals surface area contributed by atoms with Crippen molar-refractivity contribution in [2.75, 3.05) is 0 Å². The number of primary sulfonamides is 1. The highest BCUT2D eigenvalue weighted by Gasteiger charge is 2.17. The molecule has 8 nitrogen and oxygen atoms in total. The number of aromatic hydroxyl groups is 1.